The minimum absolute atomic E-state index is 0.607. The number of para-hydroxylation sites is 1. The summed E-state index contributed by atoms with van der Waals surface area (Å²) in [5.74, 6) is 0.607. The van der Waals surface area contributed by atoms with Crippen LogP contribution in [0.15, 0.2) is 30.5 Å². The molecule has 0 fully saturated rings. The van der Waals surface area contributed by atoms with Gasteiger partial charge in [0.1, 0.15) is 0 Å². The zero-order valence-electron chi connectivity index (χ0n) is 10.8. The van der Waals surface area contributed by atoms with E-state index in [0.29, 0.717) is 5.92 Å². The summed E-state index contributed by atoms with van der Waals surface area (Å²) in [4.78, 5) is 3.35. The molecular formula is C15H22N2. The summed E-state index contributed by atoms with van der Waals surface area (Å²) in [6.07, 6.45) is 4.57. The molecule has 0 amide bonds. The number of benzene rings is 1. The van der Waals surface area contributed by atoms with Crippen molar-refractivity contribution in [2.24, 2.45) is 0 Å². The molecule has 1 atom stereocenters. The van der Waals surface area contributed by atoms with Crippen LogP contribution in [0.2, 0.25) is 0 Å². The summed E-state index contributed by atoms with van der Waals surface area (Å²) >= 11 is 0. The molecule has 17 heavy (non-hydrogen) atoms. The first-order valence-corrected chi connectivity index (χ1v) is 6.59. The minimum Gasteiger partial charge on any atom is -0.361 e. The van der Waals surface area contributed by atoms with Crippen molar-refractivity contribution in [3.05, 3.63) is 36.0 Å². The molecule has 1 heterocycles. The Morgan fingerprint density at radius 1 is 1.24 bits per heavy atom. The van der Waals surface area contributed by atoms with E-state index in [2.05, 4.69) is 54.6 Å². The number of rotatable bonds is 6. The van der Waals surface area contributed by atoms with Gasteiger partial charge >= 0.3 is 0 Å². The lowest BCUT2D eigenvalue weighted by molar-refractivity contribution is 0.592. The molecular weight excluding hydrogens is 208 g/mol. The maximum absolute atomic E-state index is 3.47. The molecule has 0 spiro atoms. The van der Waals surface area contributed by atoms with Gasteiger partial charge in [0.05, 0.1) is 0 Å². The molecule has 0 saturated heterocycles. The summed E-state index contributed by atoms with van der Waals surface area (Å²) in [7, 11) is 0. The molecule has 0 bridgehead atoms. The number of hydrogen-bond acceptors (Lipinski definition) is 1. The summed E-state index contributed by atoms with van der Waals surface area (Å²) in [5, 5.41) is 4.84. The lowest BCUT2D eigenvalue weighted by Gasteiger charge is -2.11. The van der Waals surface area contributed by atoms with E-state index in [0.717, 1.165) is 13.1 Å². The fourth-order valence-electron chi connectivity index (χ4n) is 2.28. The van der Waals surface area contributed by atoms with Crippen molar-refractivity contribution in [2.45, 2.75) is 32.6 Å². The minimum atomic E-state index is 0.607. The van der Waals surface area contributed by atoms with Crippen LogP contribution in [0, 0.1) is 0 Å². The highest BCUT2D eigenvalue weighted by Crippen LogP contribution is 2.26. The Morgan fingerprint density at radius 3 is 2.88 bits per heavy atom. The topological polar surface area (TPSA) is 27.8 Å². The number of nitrogens with one attached hydrogen (secondary N) is 2. The average Bonchev–Trinajstić information content (AvgIpc) is 2.78. The molecule has 1 unspecified atom stereocenters. The Bertz CT molecular complexity index is 459. The largest absolute Gasteiger partial charge is 0.361 e. The third-order valence-electron chi connectivity index (χ3n) is 3.33. The van der Waals surface area contributed by atoms with Crippen molar-refractivity contribution in [3.63, 3.8) is 0 Å². The summed E-state index contributed by atoms with van der Waals surface area (Å²) in [5.41, 5.74) is 2.69. The standard InChI is InChI=1S/C15H22N2/c1-3-9-16-10-8-12(2)14-11-17-15-7-5-4-6-13(14)15/h4-7,11-12,16-17H,3,8-10H2,1-2H3. The van der Waals surface area contributed by atoms with Crippen LogP contribution in [0.4, 0.5) is 0 Å². The van der Waals surface area contributed by atoms with E-state index in [1.54, 1.807) is 0 Å². The van der Waals surface area contributed by atoms with Crippen molar-refractivity contribution in [1.82, 2.24) is 10.3 Å². The quantitative estimate of drug-likeness (QED) is 0.728. The van der Waals surface area contributed by atoms with E-state index < -0.39 is 0 Å². The highest BCUT2D eigenvalue weighted by molar-refractivity contribution is 5.83. The van der Waals surface area contributed by atoms with Gasteiger partial charge < -0.3 is 10.3 Å². The molecule has 2 N–H and O–H groups in total. The molecule has 1 aromatic carbocycles. The number of H-pyrrole nitrogens is 1. The van der Waals surface area contributed by atoms with Gasteiger partial charge in [-0.05, 0) is 43.5 Å². The predicted molar refractivity (Wildman–Crippen MR) is 74.5 cm³/mol. The average molecular weight is 230 g/mol. The molecule has 0 aliphatic carbocycles. The first kappa shape index (κ1) is 12.2. The first-order valence-electron chi connectivity index (χ1n) is 6.59. The van der Waals surface area contributed by atoms with Crippen LogP contribution in [0.3, 0.4) is 0 Å². The zero-order valence-corrected chi connectivity index (χ0v) is 10.8. The van der Waals surface area contributed by atoms with E-state index in [1.807, 2.05) is 0 Å². The van der Waals surface area contributed by atoms with Crippen LogP contribution < -0.4 is 5.32 Å². The van der Waals surface area contributed by atoms with Gasteiger partial charge in [0.25, 0.3) is 0 Å². The van der Waals surface area contributed by atoms with Crippen LogP contribution in [0.5, 0.6) is 0 Å². The van der Waals surface area contributed by atoms with Gasteiger partial charge in [0.15, 0.2) is 0 Å². The SMILES string of the molecule is CCCNCCC(C)c1c[nH]c2ccccc12. The number of fused-ring (bicyclic) bond motifs is 1. The van der Waals surface area contributed by atoms with Crippen LogP contribution in [-0.4, -0.2) is 18.1 Å². The van der Waals surface area contributed by atoms with Gasteiger partial charge in [0, 0.05) is 17.1 Å². The van der Waals surface area contributed by atoms with Gasteiger partial charge in [0.2, 0.25) is 0 Å². The summed E-state index contributed by atoms with van der Waals surface area (Å²) in [6, 6.07) is 8.54. The normalized spacial score (nSPS) is 13.1. The van der Waals surface area contributed by atoms with Crippen LogP contribution >= 0.6 is 0 Å². The fourth-order valence-corrected chi connectivity index (χ4v) is 2.28. The Kier molecular flexibility index (Phi) is 4.21. The van der Waals surface area contributed by atoms with Crippen LogP contribution in [-0.2, 0) is 0 Å². The van der Waals surface area contributed by atoms with Gasteiger partial charge in [-0.15, -0.1) is 0 Å². The molecule has 0 saturated carbocycles. The summed E-state index contributed by atoms with van der Waals surface area (Å²) < 4.78 is 0. The molecule has 0 aliphatic heterocycles. The molecule has 0 radical (unpaired) electrons. The van der Waals surface area contributed by atoms with Gasteiger partial charge in [-0.1, -0.05) is 32.0 Å². The first-order chi connectivity index (χ1) is 8.33. The third kappa shape index (κ3) is 2.89. The van der Waals surface area contributed by atoms with Crippen LogP contribution in [0.25, 0.3) is 10.9 Å². The molecule has 2 aromatic rings. The second-order valence-electron chi connectivity index (χ2n) is 4.73. The van der Waals surface area contributed by atoms with E-state index in [-0.39, 0.29) is 0 Å². The van der Waals surface area contributed by atoms with E-state index in [9.17, 15) is 0 Å². The lowest BCUT2D eigenvalue weighted by atomic mass is 9.97. The number of aromatic nitrogens is 1. The van der Waals surface area contributed by atoms with Crippen molar-refractivity contribution in [2.75, 3.05) is 13.1 Å². The fraction of sp³-hybridized carbons (Fsp3) is 0.467. The maximum Gasteiger partial charge on any atom is 0.0456 e. The maximum atomic E-state index is 3.47. The Morgan fingerprint density at radius 2 is 2.06 bits per heavy atom. The Hall–Kier alpha value is -1.28. The lowest BCUT2D eigenvalue weighted by Crippen LogP contribution is -2.17. The van der Waals surface area contributed by atoms with Gasteiger partial charge in [-0.2, -0.15) is 0 Å². The molecule has 1 aromatic heterocycles. The van der Waals surface area contributed by atoms with Gasteiger partial charge in [-0.3, -0.25) is 0 Å². The second-order valence-corrected chi connectivity index (χ2v) is 4.73. The van der Waals surface area contributed by atoms with Crippen molar-refractivity contribution < 1.29 is 0 Å². The van der Waals surface area contributed by atoms with Crippen molar-refractivity contribution in [1.29, 1.82) is 0 Å². The van der Waals surface area contributed by atoms with Crippen LogP contribution in [0.1, 0.15) is 38.2 Å². The molecule has 2 nitrogen and oxygen atoms in total. The van der Waals surface area contributed by atoms with Gasteiger partial charge in [-0.25, -0.2) is 0 Å². The highest BCUT2D eigenvalue weighted by atomic mass is 14.8. The summed E-state index contributed by atoms with van der Waals surface area (Å²) in [6.45, 7) is 6.74. The monoisotopic (exact) mass is 230 g/mol. The molecule has 2 heteroatoms. The Balaban J connectivity index is 2.01. The van der Waals surface area contributed by atoms with Crippen molar-refractivity contribution >= 4 is 10.9 Å². The van der Waals surface area contributed by atoms with E-state index in [4.69, 9.17) is 0 Å². The Labute approximate surface area is 103 Å². The van der Waals surface area contributed by atoms with E-state index >= 15 is 0 Å². The number of hydrogen-bond donors (Lipinski definition) is 2. The smallest absolute Gasteiger partial charge is 0.0456 e. The third-order valence-corrected chi connectivity index (χ3v) is 3.33. The number of aromatic amines is 1. The zero-order chi connectivity index (χ0) is 12.1. The second kappa shape index (κ2) is 5.87. The molecule has 92 valence electrons. The van der Waals surface area contributed by atoms with Crippen molar-refractivity contribution in [3.8, 4) is 0 Å². The molecule has 2 rings (SSSR count). The predicted octanol–water partition coefficient (Wildman–Crippen LogP) is 3.66. The molecule has 0 aliphatic rings. The van der Waals surface area contributed by atoms with E-state index in [1.165, 1.54) is 29.3 Å². The highest BCUT2D eigenvalue weighted by Gasteiger charge is 2.10.